The minimum Gasteiger partial charge on any atom is -0.378 e. The Bertz CT molecular complexity index is 702. The first-order valence-corrected chi connectivity index (χ1v) is 7.53. The van der Waals surface area contributed by atoms with Crippen molar-refractivity contribution in [1.29, 1.82) is 0 Å². The van der Waals surface area contributed by atoms with Gasteiger partial charge in [0.05, 0.1) is 13.2 Å². The maximum absolute atomic E-state index is 12.0. The number of amides is 1. The van der Waals surface area contributed by atoms with Gasteiger partial charge in [-0.25, -0.2) is 15.8 Å². The van der Waals surface area contributed by atoms with Crippen LogP contribution in [0.25, 0.3) is 11.4 Å². The minimum atomic E-state index is -0.422. The Morgan fingerprint density at radius 1 is 1.26 bits per heavy atom. The van der Waals surface area contributed by atoms with Crippen LogP contribution in [0, 0.1) is 0 Å². The summed E-state index contributed by atoms with van der Waals surface area (Å²) in [4.78, 5) is 22.8. The minimum absolute atomic E-state index is 0.340. The number of nitrogens with one attached hydrogen (secondary N) is 1. The van der Waals surface area contributed by atoms with Gasteiger partial charge in [0.25, 0.3) is 5.91 Å². The van der Waals surface area contributed by atoms with Crippen LogP contribution in [-0.2, 0) is 4.74 Å². The molecule has 0 aliphatic carbocycles. The molecule has 0 spiro atoms. The molecule has 2 aromatic rings. The Morgan fingerprint density at radius 3 is 2.61 bits per heavy atom. The lowest BCUT2D eigenvalue weighted by molar-refractivity contribution is 0.0951. The molecule has 1 amide bonds. The number of benzene rings is 1. The summed E-state index contributed by atoms with van der Waals surface area (Å²) in [5.74, 6) is 5.91. The number of hydrogen-bond acceptors (Lipinski definition) is 6. The van der Waals surface area contributed by atoms with Gasteiger partial charge in [-0.2, -0.15) is 0 Å². The molecule has 1 aliphatic heterocycles. The number of nitrogens with zero attached hydrogens (tertiary/aromatic N) is 3. The molecule has 2 heterocycles. The average Bonchev–Trinajstić information content (AvgIpc) is 2.62. The van der Waals surface area contributed by atoms with E-state index in [1.807, 2.05) is 17.0 Å². The third-order valence-corrected chi connectivity index (χ3v) is 3.81. The summed E-state index contributed by atoms with van der Waals surface area (Å²) >= 11 is 5.91. The second-order valence-corrected chi connectivity index (χ2v) is 5.45. The number of anilines is 1. The number of nitrogens with two attached hydrogens (primary N) is 1. The van der Waals surface area contributed by atoms with E-state index >= 15 is 0 Å². The zero-order valence-electron chi connectivity index (χ0n) is 12.3. The quantitative estimate of drug-likeness (QED) is 0.498. The van der Waals surface area contributed by atoms with Crippen molar-refractivity contribution in [3.05, 3.63) is 41.0 Å². The van der Waals surface area contributed by atoms with Crippen molar-refractivity contribution in [2.24, 2.45) is 5.84 Å². The Kier molecular flexibility index (Phi) is 4.71. The van der Waals surface area contributed by atoms with Crippen molar-refractivity contribution in [3.8, 4) is 11.4 Å². The average molecular weight is 334 g/mol. The van der Waals surface area contributed by atoms with E-state index in [9.17, 15) is 4.79 Å². The van der Waals surface area contributed by atoms with Gasteiger partial charge in [0.15, 0.2) is 5.82 Å². The second kappa shape index (κ2) is 6.91. The van der Waals surface area contributed by atoms with Gasteiger partial charge in [0.2, 0.25) is 0 Å². The highest BCUT2D eigenvalue weighted by Gasteiger charge is 2.21. The van der Waals surface area contributed by atoms with E-state index in [-0.39, 0.29) is 0 Å². The monoisotopic (exact) mass is 333 g/mol. The number of ether oxygens (including phenoxy) is 1. The van der Waals surface area contributed by atoms with Crippen molar-refractivity contribution in [2.75, 3.05) is 31.2 Å². The van der Waals surface area contributed by atoms with E-state index in [1.54, 1.807) is 12.1 Å². The molecule has 23 heavy (non-hydrogen) atoms. The fourth-order valence-corrected chi connectivity index (χ4v) is 2.49. The second-order valence-electron chi connectivity index (χ2n) is 5.01. The molecule has 1 aromatic carbocycles. The molecule has 1 aromatic heterocycles. The number of nitrogen functional groups attached to an aromatic ring is 1. The lowest BCUT2D eigenvalue weighted by Gasteiger charge is -2.29. The first-order valence-electron chi connectivity index (χ1n) is 7.15. The summed E-state index contributed by atoms with van der Waals surface area (Å²) < 4.78 is 5.35. The predicted molar refractivity (Wildman–Crippen MR) is 87.2 cm³/mol. The van der Waals surface area contributed by atoms with Gasteiger partial charge >= 0.3 is 0 Å². The van der Waals surface area contributed by atoms with Crippen molar-refractivity contribution < 1.29 is 9.53 Å². The van der Waals surface area contributed by atoms with E-state index in [1.165, 1.54) is 6.20 Å². The molecule has 120 valence electrons. The van der Waals surface area contributed by atoms with Crippen LogP contribution in [0.2, 0.25) is 5.02 Å². The highest BCUT2D eigenvalue weighted by atomic mass is 35.5. The normalized spacial score (nSPS) is 14.6. The molecule has 0 saturated carbocycles. The van der Waals surface area contributed by atoms with Crippen molar-refractivity contribution in [1.82, 2.24) is 15.4 Å². The number of aromatic nitrogens is 2. The maximum Gasteiger partial charge on any atom is 0.270 e. The zero-order valence-corrected chi connectivity index (χ0v) is 13.1. The van der Waals surface area contributed by atoms with E-state index in [2.05, 4.69) is 15.4 Å². The Hall–Kier alpha value is -2.22. The number of morpholine rings is 1. The van der Waals surface area contributed by atoms with Gasteiger partial charge < -0.3 is 9.64 Å². The molecule has 8 heteroatoms. The summed E-state index contributed by atoms with van der Waals surface area (Å²) in [7, 11) is 0. The lowest BCUT2D eigenvalue weighted by Crippen LogP contribution is -2.39. The lowest BCUT2D eigenvalue weighted by atomic mass is 10.2. The third kappa shape index (κ3) is 3.42. The van der Waals surface area contributed by atoms with Crippen LogP contribution in [0.5, 0.6) is 0 Å². The smallest absolute Gasteiger partial charge is 0.270 e. The predicted octanol–water partition coefficient (Wildman–Crippen LogP) is 1.24. The van der Waals surface area contributed by atoms with Crippen LogP contribution in [-0.4, -0.2) is 42.2 Å². The molecule has 1 saturated heterocycles. The molecule has 0 bridgehead atoms. The third-order valence-electron chi connectivity index (χ3n) is 3.56. The number of carbonyl (C=O) groups excluding carboxylic acids is 1. The van der Waals surface area contributed by atoms with Crippen LogP contribution < -0.4 is 16.2 Å². The number of hydrazine groups is 1. The van der Waals surface area contributed by atoms with Crippen LogP contribution >= 0.6 is 11.6 Å². The molecule has 1 fully saturated rings. The topological polar surface area (TPSA) is 93.4 Å². The molecule has 0 atom stereocenters. The van der Waals surface area contributed by atoms with E-state index in [0.717, 1.165) is 5.56 Å². The van der Waals surface area contributed by atoms with Gasteiger partial charge in [-0.15, -0.1) is 0 Å². The Labute approximate surface area is 138 Å². The Morgan fingerprint density at radius 2 is 1.96 bits per heavy atom. The molecule has 0 unspecified atom stereocenters. The molecule has 3 N–H and O–H groups in total. The largest absolute Gasteiger partial charge is 0.378 e. The van der Waals surface area contributed by atoms with Crippen molar-refractivity contribution in [3.63, 3.8) is 0 Å². The summed E-state index contributed by atoms with van der Waals surface area (Å²) in [6.07, 6.45) is 1.49. The molecular formula is C15H16ClN5O2. The highest BCUT2D eigenvalue weighted by Crippen LogP contribution is 2.24. The van der Waals surface area contributed by atoms with Crippen LogP contribution in [0.3, 0.4) is 0 Å². The maximum atomic E-state index is 12.0. The molecule has 0 radical (unpaired) electrons. The molecule has 7 nitrogen and oxygen atoms in total. The number of carbonyl (C=O) groups is 1. The molecule has 1 aliphatic rings. The van der Waals surface area contributed by atoms with Gasteiger partial charge in [0.1, 0.15) is 11.4 Å². The van der Waals surface area contributed by atoms with E-state index < -0.39 is 5.91 Å². The van der Waals surface area contributed by atoms with Gasteiger partial charge in [-0.1, -0.05) is 11.6 Å². The first kappa shape index (κ1) is 15.7. The van der Waals surface area contributed by atoms with Gasteiger partial charge in [-0.05, 0) is 24.3 Å². The number of halogens is 1. The SMILES string of the molecule is NNC(=O)c1cnc(-c2ccc(Cl)cc2)nc1N1CCOCC1. The highest BCUT2D eigenvalue weighted by molar-refractivity contribution is 6.30. The van der Waals surface area contributed by atoms with Crippen LogP contribution in [0.1, 0.15) is 10.4 Å². The van der Waals surface area contributed by atoms with E-state index in [4.69, 9.17) is 22.2 Å². The van der Waals surface area contributed by atoms with Crippen LogP contribution in [0.4, 0.5) is 5.82 Å². The standard InChI is InChI=1S/C15H16ClN5O2/c16-11-3-1-10(2-4-11)13-18-9-12(15(22)20-17)14(19-13)21-5-7-23-8-6-21/h1-4,9H,5-8,17H2,(H,20,22). The molecule has 3 rings (SSSR count). The van der Waals surface area contributed by atoms with Crippen molar-refractivity contribution >= 4 is 23.3 Å². The fourth-order valence-electron chi connectivity index (χ4n) is 2.37. The van der Waals surface area contributed by atoms with Gasteiger partial charge in [0, 0.05) is 29.9 Å². The summed E-state index contributed by atoms with van der Waals surface area (Å²) in [5.41, 5.74) is 3.30. The fraction of sp³-hybridized carbons (Fsp3) is 0.267. The summed E-state index contributed by atoms with van der Waals surface area (Å²) in [6.45, 7) is 2.48. The van der Waals surface area contributed by atoms with Crippen LogP contribution in [0.15, 0.2) is 30.5 Å². The summed E-state index contributed by atoms with van der Waals surface area (Å²) in [6, 6.07) is 7.22. The van der Waals surface area contributed by atoms with Crippen molar-refractivity contribution in [2.45, 2.75) is 0 Å². The first-order chi connectivity index (χ1) is 11.2. The summed E-state index contributed by atoms with van der Waals surface area (Å²) in [5, 5.41) is 0.640. The zero-order chi connectivity index (χ0) is 16.2. The number of rotatable bonds is 3. The molecular weight excluding hydrogens is 318 g/mol. The van der Waals surface area contributed by atoms with Gasteiger partial charge in [-0.3, -0.25) is 10.2 Å². The number of hydrogen-bond donors (Lipinski definition) is 2. The van der Waals surface area contributed by atoms with E-state index in [0.29, 0.717) is 48.5 Å². The Balaban J connectivity index is 2.03.